The summed E-state index contributed by atoms with van der Waals surface area (Å²) in [5, 5.41) is 10.5. The zero-order valence-corrected chi connectivity index (χ0v) is 10.1. The van der Waals surface area contributed by atoms with Crippen molar-refractivity contribution in [1.82, 2.24) is 5.01 Å². The van der Waals surface area contributed by atoms with E-state index in [0.717, 1.165) is 19.5 Å². The molecule has 1 atom stereocenters. The highest BCUT2D eigenvalue weighted by atomic mass is 15.6. The van der Waals surface area contributed by atoms with Crippen molar-refractivity contribution >= 4 is 0 Å². The molecule has 0 saturated carbocycles. The first-order valence-corrected chi connectivity index (χ1v) is 6.76. The van der Waals surface area contributed by atoms with Gasteiger partial charge < -0.3 is 0 Å². The lowest BCUT2D eigenvalue weighted by atomic mass is 10.0. The molecular weight excluding hydrogens is 198 g/mol. The Morgan fingerprint density at radius 3 is 2.75 bits per heavy atom. The topological polar surface area (TPSA) is 28.0 Å². The van der Waals surface area contributed by atoms with Crippen molar-refractivity contribution in [2.45, 2.75) is 57.4 Å². The zero-order valence-electron chi connectivity index (χ0n) is 10.1. The first kappa shape index (κ1) is 11.6. The molecule has 0 aromatic rings. The highest BCUT2D eigenvalue weighted by Crippen LogP contribution is 2.19. The monoisotopic (exact) mass is 221 g/mol. The van der Waals surface area contributed by atoms with Crippen molar-refractivity contribution in [3.8, 4) is 0 Å². The van der Waals surface area contributed by atoms with Crippen molar-refractivity contribution in [1.29, 1.82) is 0 Å². The molecule has 1 aliphatic carbocycles. The van der Waals surface area contributed by atoms with Gasteiger partial charge in [-0.3, -0.25) is 5.01 Å². The summed E-state index contributed by atoms with van der Waals surface area (Å²) < 4.78 is 0. The van der Waals surface area contributed by atoms with Crippen LogP contribution < -0.4 is 0 Å². The van der Waals surface area contributed by atoms with E-state index in [9.17, 15) is 0 Å². The molecule has 1 heterocycles. The summed E-state index contributed by atoms with van der Waals surface area (Å²) in [5.41, 5.74) is 0. The normalized spacial score (nSPS) is 28.0. The largest absolute Gasteiger partial charge is 0.274 e. The molecule has 2 rings (SSSR count). The summed E-state index contributed by atoms with van der Waals surface area (Å²) in [7, 11) is 0. The molecule has 0 spiro atoms. The molecule has 0 saturated heterocycles. The van der Waals surface area contributed by atoms with E-state index in [1.807, 2.05) is 0 Å². The summed E-state index contributed by atoms with van der Waals surface area (Å²) >= 11 is 0. The Morgan fingerprint density at radius 2 is 1.88 bits per heavy atom. The predicted molar refractivity (Wildman–Crippen MR) is 66.3 cm³/mol. The fraction of sp³-hybridized carbons (Fsp3) is 0.846. The van der Waals surface area contributed by atoms with Crippen LogP contribution in [-0.2, 0) is 0 Å². The van der Waals surface area contributed by atoms with E-state index in [2.05, 4.69) is 27.5 Å². The minimum atomic E-state index is 0.598. The van der Waals surface area contributed by atoms with Gasteiger partial charge in [0, 0.05) is 0 Å². The Morgan fingerprint density at radius 1 is 1.00 bits per heavy atom. The lowest BCUT2D eigenvalue weighted by Gasteiger charge is -2.23. The second-order valence-electron chi connectivity index (χ2n) is 4.82. The summed E-state index contributed by atoms with van der Waals surface area (Å²) in [5.74, 6) is 0. The maximum atomic E-state index is 4.23. The van der Waals surface area contributed by atoms with Gasteiger partial charge in [-0.15, -0.1) is 0 Å². The van der Waals surface area contributed by atoms with Crippen LogP contribution in [0.3, 0.4) is 0 Å². The average molecular weight is 221 g/mol. The second kappa shape index (κ2) is 6.66. The minimum Gasteiger partial charge on any atom is -0.274 e. The Labute approximate surface area is 98.6 Å². The lowest BCUT2D eigenvalue weighted by molar-refractivity contribution is 0.212. The van der Waals surface area contributed by atoms with Gasteiger partial charge in [0.2, 0.25) is 0 Å². The van der Waals surface area contributed by atoms with Gasteiger partial charge in [-0.2, -0.15) is 5.11 Å². The third kappa shape index (κ3) is 3.62. The quantitative estimate of drug-likeness (QED) is 0.620. The van der Waals surface area contributed by atoms with Crippen LogP contribution in [0.5, 0.6) is 0 Å². The van der Waals surface area contributed by atoms with Crippen LogP contribution in [0.25, 0.3) is 0 Å². The standard InChI is InChI=1S/C13H23N3/c1-2-4-6-8-10-13(9-7-5-3-1)16-12-11-14-15-16/h5,7,13H,1-4,6,8-12H2. The Bertz CT molecular complexity index is 248. The van der Waals surface area contributed by atoms with Crippen LogP contribution in [0.4, 0.5) is 0 Å². The summed E-state index contributed by atoms with van der Waals surface area (Å²) in [6.45, 7) is 1.92. The van der Waals surface area contributed by atoms with Crippen LogP contribution >= 0.6 is 0 Å². The van der Waals surface area contributed by atoms with E-state index in [1.54, 1.807) is 0 Å². The number of allylic oxidation sites excluding steroid dienone is 1. The fourth-order valence-corrected chi connectivity index (χ4v) is 2.51. The van der Waals surface area contributed by atoms with Gasteiger partial charge in [0.15, 0.2) is 0 Å². The molecule has 0 amide bonds. The predicted octanol–water partition coefficient (Wildman–Crippen LogP) is 3.73. The highest BCUT2D eigenvalue weighted by Gasteiger charge is 2.18. The molecule has 0 aromatic heterocycles. The van der Waals surface area contributed by atoms with E-state index in [4.69, 9.17) is 0 Å². The summed E-state index contributed by atoms with van der Waals surface area (Å²) in [6.07, 6.45) is 15.3. The van der Waals surface area contributed by atoms with Crippen LogP contribution in [-0.4, -0.2) is 24.1 Å². The molecule has 0 aromatic carbocycles. The van der Waals surface area contributed by atoms with Gasteiger partial charge in [-0.25, -0.2) is 0 Å². The molecule has 16 heavy (non-hydrogen) atoms. The van der Waals surface area contributed by atoms with Gasteiger partial charge in [0.05, 0.1) is 19.1 Å². The molecule has 2 aliphatic rings. The van der Waals surface area contributed by atoms with E-state index < -0.39 is 0 Å². The van der Waals surface area contributed by atoms with Crippen molar-refractivity contribution in [2.24, 2.45) is 10.3 Å². The first-order chi connectivity index (χ1) is 7.97. The van der Waals surface area contributed by atoms with Gasteiger partial charge in [-0.1, -0.05) is 43.1 Å². The van der Waals surface area contributed by atoms with Crippen molar-refractivity contribution in [2.75, 3.05) is 13.1 Å². The smallest absolute Gasteiger partial charge is 0.0813 e. The SMILES string of the molecule is C1=CCC(N2CCN=N2)CCCCCCC1. The number of hydrogen-bond donors (Lipinski definition) is 0. The lowest BCUT2D eigenvalue weighted by Crippen LogP contribution is -2.29. The average Bonchev–Trinajstić information content (AvgIpc) is 2.79. The molecule has 1 unspecified atom stereocenters. The minimum absolute atomic E-state index is 0.598. The number of nitrogens with zero attached hydrogens (tertiary/aromatic N) is 3. The molecule has 0 fully saturated rings. The van der Waals surface area contributed by atoms with Crippen LogP contribution in [0, 0.1) is 0 Å². The van der Waals surface area contributed by atoms with Crippen LogP contribution in [0.15, 0.2) is 22.5 Å². The maximum absolute atomic E-state index is 4.23. The van der Waals surface area contributed by atoms with Crippen LogP contribution in [0.1, 0.15) is 51.4 Å². The van der Waals surface area contributed by atoms with E-state index in [1.165, 1.54) is 44.9 Å². The van der Waals surface area contributed by atoms with E-state index in [-0.39, 0.29) is 0 Å². The Balaban J connectivity index is 1.86. The van der Waals surface area contributed by atoms with Crippen molar-refractivity contribution in [3.05, 3.63) is 12.2 Å². The third-order valence-corrected chi connectivity index (χ3v) is 3.51. The molecule has 3 heteroatoms. The molecule has 90 valence electrons. The molecule has 0 N–H and O–H groups in total. The molecule has 0 radical (unpaired) electrons. The first-order valence-electron chi connectivity index (χ1n) is 6.76. The molecule has 3 nitrogen and oxygen atoms in total. The molecule has 0 bridgehead atoms. The van der Waals surface area contributed by atoms with Crippen molar-refractivity contribution < 1.29 is 0 Å². The number of hydrogen-bond acceptors (Lipinski definition) is 3. The molecule has 1 aliphatic heterocycles. The van der Waals surface area contributed by atoms with Gasteiger partial charge in [0.1, 0.15) is 0 Å². The van der Waals surface area contributed by atoms with Crippen molar-refractivity contribution in [3.63, 3.8) is 0 Å². The summed E-state index contributed by atoms with van der Waals surface area (Å²) in [6, 6.07) is 0.598. The van der Waals surface area contributed by atoms with E-state index >= 15 is 0 Å². The zero-order chi connectivity index (χ0) is 11.1. The Kier molecular flexibility index (Phi) is 4.84. The Hall–Kier alpha value is -0.860. The van der Waals surface area contributed by atoms with Gasteiger partial charge >= 0.3 is 0 Å². The third-order valence-electron chi connectivity index (χ3n) is 3.51. The van der Waals surface area contributed by atoms with Gasteiger partial charge in [0.25, 0.3) is 0 Å². The van der Waals surface area contributed by atoms with Crippen LogP contribution in [0.2, 0.25) is 0 Å². The summed E-state index contributed by atoms with van der Waals surface area (Å²) in [4.78, 5) is 0. The van der Waals surface area contributed by atoms with Gasteiger partial charge in [-0.05, 0) is 25.7 Å². The fourth-order valence-electron chi connectivity index (χ4n) is 2.51. The second-order valence-corrected chi connectivity index (χ2v) is 4.82. The van der Waals surface area contributed by atoms with E-state index in [0.29, 0.717) is 6.04 Å². The molecular formula is C13H23N3. The number of rotatable bonds is 1. The maximum Gasteiger partial charge on any atom is 0.0813 e. The highest BCUT2D eigenvalue weighted by molar-refractivity contribution is 4.88.